The average molecular weight is 294 g/mol. The number of benzene rings is 1. The second kappa shape index (κ2) is 4.48. The van der Waals surface area contributed by atoms with Crippen LogP contribution in [-0.4, -0.2) is 19.2 Å². The minimum Gasteiger partial charge on any atom is -0.438 e. The third-order valence-corrected chi connectivity index (χ3v) is 4.41. The van der Waals surface area contributed by atoms with Crippen molar-refractivity contribution in [1.29, 1.82) is 0 Å². The Labute approximate surface area is 108 Å². The van der Waals surface area contributed by atoms with E-state index < -0.39 is 14.7 Å². The van der Waals surface area contributed by atoms with Gasteiger partial charge >= 0.3 is 0 Å². The van der Waals surface area contributed by atoms with Gasteiger partial charge in [-0.15, -0.1) is 0 Å². The highest BCUT2D eigenvalue weighted by atomic mass is 35.5. The molecule has 0 N–H and O–H groups in total. The lowest BCUT2D eigenvalue weighted by Crippen LogP contribution is -2.02. The summed E-state index contributed by atoms with van der Waals surface area (Å²) in [4.78, 5) is 3.37. The Morgan fingerprint density at radius 1 is 1.41 bits per heavy atom. The van der Waals surface area contributed by atoms with E-state index >= 15 is 0 Å². The smallest absolute Gasteiger partial charge is 0.228 e. The Hall–Kier alpha value is -0.780. The minimum absolute atomic E-state index is 0.0349. The minimum atomic E-state index is -3.25. The Kier molecular flexibility index (Phi) is 3.34. The second-order valence-electron chi connectivity index (χ2n) is 3.39. The maximum absolute atomic E-state index is 11.7. The zero-order valence-corrected chi connectivity index (χ0v) is 11.2. The van der Waals surface area contributed by atoms with Crippen LogP contribution >= 0.6 is 23.2 Å². The van der Waals surface area contributed by atoms with E-state index in [2.05, 4.69) is 4.98 Å². The van der Waals surface area contributed by atoms with Crippen LogP contribution in [0.5, 0.6) is 0 Å². The molecule has 0 bridgehead atoms. The van der Waals surface area contributed by atoms with Gasteiger partial charge in [0.2, 0.25) is 5.89 Å². The van der Waals surface area contributed by atoms with Crippen LogP contribution in [0, 0.1) is 0 Å². The summed E-state index contributed by atoms with van der Waals surface area (Å²) in [7, 11) is -3.25. The Morgan fingerprint density at radius 3 is 2.71 bits per heavy atom. The first-order valence-electron chi connectivity index (χ1n) is 4.85. The number of nitrogens with zero attached hydrogens (tertiary/aromatic N) is 1. The Bertz CT molecular complexity index is 649. The van der Waals surface area contributed by atoms with Crippen molar-refractivity contribution < 1.29 is 12.8 Å². The maximum atomic E-state index is 11.7. The summed E-state index contributed by atoms with van der Waals surface area (Å²) in [5.74, 6) is 0.196. The van der Waals surface area contributed by atoms with Crippen LogP contribution in [0.25, 0.3) is 11.1 Å². The molecule has 7 heteroatoms. The zero-order valence-electron chi connectivity index (χ0n) is 8.85. The monoisotopic (exact) mass is 293 g/mol. The van der Waals surface area contributed by atoms with E-state index in [4.69, 9.17) is 27.6 Å². The van der Waals surface area contributed by atoms with Gasteiger partial charge in [0.25, 0.3) is 0 Å². The van der Waals surface area contributed by atoms with E-state index in [1.54, 1.807) is 13.0 Å². The van der Waals surface area contributed by atoms with Crippen LogP contribution in [0.1, 0.15) is 17.7 Å². The van der Waals surface area contributed by atoms with Gasteiger partial charge in [0.15, 0.2) is 20.3 Å². The lowest BCUT2D eigenvalue weighted by Gasteiger charge is -1.99. The maximum Gasteiger partial charge on any atom is 0.228 e. The SMILES string of the molecule is CCS(=O)(=O)c1ccc2nc(C(Cl)Cl)oc2c1. The van der Waals surface area contributed by atoms with Gasteiger partial charge in [0.1, 0.15) is 5.52 Å². The molecule has 0 atom stereocenters. The molecule has 0 saturated heterocycles. The summed E-state index contributed by atoms with van der Waals surface area (Å²) in [5, 5.41) is 0. The van der Waals surface area contributed by atoms with Crippen LogP contribution < -0.4 is 0 Å². The van der Waals surface area contributed by atoms with Crippen LogP contribution in [0.4, 0.5) is 0 Å². The molecule has 4 nitrogen and oxygen atoms in total. The van der Waals surface area contributed by atoms with E-state index in [1.807, 2.05) is 0 Å². The van der Waals surface area contributed by atoms with Gasteiger partial charge in [-0.25, -0.2) is 13.4 Å². The average Bonchev–Trinajstić information content (AvgIpc) is 2.71. The van der Waals surface area contributed by atoms with Gasteiger partial charge in [-0.3, -0.25) is 0 Å². The first-order valence-corrected chi connectivity index (χ1v) is 7.38. The van der Waals surface area contributed by atoms with E-state index in [9.17, 15) is 8.42 Å². The topological polar surface area (TPSA) is 60.2 Å². The fourth-order valence-corrected chi connectivity index (χ4v) is 2.46. The first-order chi connectivity index (χ1) is 7.94. The number of hydrogen-bond donors (Lipinski definition) is 0. The van der Waals surface area contributed by atoms with Gasteiger partial charge in [-0.1, -0.05) is 30.1 Å². The largest absolute Gasteiger partial charge is 0.438 e. The molecule has 92 valence electrons. The summed E-state index contributed by atoms with van der Waals surface area (Å²) in [5.41, 5.74) is 0.891. The Morgan fingerprint density at radius 2 is 2.12 bits per heavy atom. The molecular weight excluding hydrogens is 285 g/mol. The predicted octanol–water partition coefficient (Wildman–Crippen LogP) is 3.10. The third-order valence-electron chi connectivity index (χ3n) is 2.30. The summed E-state index contributed by atoms with van der Waals surface area (Å²) in [6, 6.07) is 4.49. The lowest BCUT2D eigenvalue weighted by molar-refractivity contribution is 0.549. The van der Waals surface area contributed by atoms with Crippen molar-refractivity contribution in [3.05, 3.63) is 24.1 Å². The highest BCUT2D eigenvalue weighted by Gasteiger charge is 2.16. The summed E-state index contributed by atoms with van der Waals surface area (Å²) in [6.45, 7) is 1.58. The van der Waals surface area contributed by atoms with E-state index in [0.29, 0.717) is 11.1 Å². The molecule has 0 aliphatic rings. The predicted molar refractivity (Wildman–Crippen MR) is 66.2 cm³/mol. The molecular formula is C10H9Cl2NO3S. The molecule has 0 fully saturated rings. The van der Waals surface area contributed by atoms with Gasteiger partial charge in [0.05, 0.1) is 10.6 Å². The van der Waals surface area contributed by atoms with Crippen molar-refractivity contribution in [2.45, 2.75) is 16.7 Å². The molecule has 1 aromatic heterocycles. The van der Waals surface area contributed by atoms with Gasteiger partial charge in [0, 0.05) is 6.07 Å². The van der Waals surface area contributed by atoms with E-state index in [1.165, 1.54) is 12.1 Å². The normalized spacial score (nSPS) is 12.5. The molecule has 1 heterocycles. The van der Waals surface area contributed by atoms with Crippen molar-refractivity contribution in [3.8, 4) is 0 Å². The quantitative estimate of drug-likeness (QED) is 0.816. The van der Waals surface area contributed by atoms with Crippen LogP contribution in [-0.2, 0) is 9.84 Å². The fraction of sp³-hybridized carbons (Fsp3) is 0.300. The fourth-order valence-electron chi connectivity index (χ4n) is 1.38. The standard InChI is InChI=1S/C10H9Cl2NO3S/c1-2-17(14,15)6-3-4-7-8(5-6)16-10(13-7)9(11)12/h3-5,9H,2H2,1H3. The Balaban J connectivity index is 2.58. The van der Waals surface area contributed by atoms with Crippen LogP contribution in [0.15, 0.2) is 27.5 Å². The first kappa shape index (κ1) is 12.7. The number of sulfone groups is 1. The molecule has 0 amide bonds. The van der Waals surface area contributed by atoms with Gasteiger partial charge in [-0.2, -0.15) is 0 Å². The number of oxazole rings is 1. The number of hydrogen-bond acceptors (Lipinski definition) is 4. The summed E-state index contributed by atoms with van der Waals surface area (Å²) in [6.07, 6.45) is 0. The molecule has 0 aliphatic heterocycles. The molecule has 0 radical (unpaired) electrons. The molecule has 0 spiro atoms. The number of alkyl halides is 2. The third kappa shape index (κ3) is 2.41. The van der Waals surface area contributed by atoms with Crippen molar-refractivity contribution in [1.82, 2.24) is 4.98 Å². The zero-order chi connectivity index (χ0) is 12.6. The van der Waals surface area contributed by atoms with Crippen LogP contribution in [0.3, 0.4) is 0 Å². The van der Waals surface area contributed by atoms with E-state index in [-0.39, 0.29) is 16.5 Å². The second-order valence-corrected chi connectivity index (χ2v) is 6.76. The number of fused-ring (bicyclic) bond motifs is 1. The molecule has 0 saturated carbocycles. The molecule has 0 aliphatic carbocycles. The van der Waals surface area contributed by atoms with Crippen molar-refractivity contribution in [2.24, 2.45) is 0 Å². The molecule has 17 heavy (non-hydrogen) atoms. The van der Waals surface area contributed by atoms with Crippen molar-refractivity contribution >= 4 is 44.1 Å². The van der Waals surface area contributed by atoms with E-state index in [0.717, 1.165) is 0 Å². The van der Waals surface area contributed by atoms with Gasteiger partial charge < -0.3 is 4.42 Å². The van der Waals surface area contributed by atoms with Gasteiger partial charge in [-0.05, 0) is 12.1 Å². The van der Waals surface area contributed by atoms with Crippen molar-refractivity contribution in [2.75, 3.05) is 5.75 Å². The highest BCUT2D eigenvalue weighted by molar-refractivity contribution is 7.91. The molecule has 1 aromatic carbocycles. The molecule has 2 aromatic rings. The lowest BCUT2D eigenvalue weighted by atomic mass is 10.3. The summed E-state index contributed by atoms with van der Waals surface area (Å²) >= 11 is 11.2. The molecule has 0 unspecified atom stereocenters. The molecule has 2 rings (SSSR count). The highest BCUT2D eigenvalue weighted by Crippen LogP contribution is 2.28. The van der Waals surface area contributed by atoms with Crippen LogP contribution in [0.2, 0.25) is 0 Å². The summed E-state index contributed by atoms with van der Waals surface area (Å²) < 4.78 is 28.6. The number of aromatic nitrogens is 1. The number of halogens is 2. The van der Waals surface area contributed by atoms with Crippen molar-refractivity contribution in [3.63, 3.8) is 0 Å². The number of rotatable bonds is 3.